The van der Waals surface area contributed by atoms with Crippen LogP contribution in [0, 0.1) is 0 Å². The molecule has 0 aromatic carbocycles. The summed E-state index contributed by atoms with van der Waals surface area (Å²) in [5.41, 5.74) is 0. The van der Waals surface area contributed by atoms with Gasteiger partial charge in [-0.1, -0.05) is 11.8 Å². The fourth-order valence-electron chi connectivity index (χ4n) is 0.527. The highest BCUT2D eigenvalue weighted by Crippen LogP contribution is 2.11. The first kappa shape index (κ1) is 8.06. The van der Waals surface area contributed by atoms with Gasteiger partial charge in [-0.3, -0.25) is 0 Å². The third kappa shape index (κ3) is 2.23. The lowest BCUT2D eigenvalue weighted by Gasteiger charge is -1.99. The van der Waals surface area contributed by atoms with E-state index in [0.29, 0.717) is 5.16 Å². The first-order chi connectivity index (χ1) is 5.20. The second-order valence-corrected chi connectivity index (χ2v) is 2.83. The first-order valence-corrected chi connectivity index (χ1v) is 3.85. The van der Waals surface area contributed by atoms with E-state index in [1.807, 2.05) is 0 Å². The molecule has 1 heterocycles. The van der Waals surface area contributed by atoms with Crippen LogP contribution in [0.5, 0.6) is 0 Å². The minimum atomic E-state index is -1.10. The summed E-state index contributed by atoms with van der Waals surface area (Å²) in [4.78, 5) is 10.0. The molecule has 6 heteroatoms. The average Bonchev–Trinajstić information content (AvgIpc) is 2.31. The minimum Gasteiger partial charge on any atom is -0.549 e. The van der Waals surface area contributed by atoms with Crippen molar-refractivity contribution < 1.29 is 9.90 Å². The van der Waals surface area contributed by atoms with Crippen LogP contribution in [0.4, 0.5) is 0 Å². The number of carboxylic acid groups (broad SMARTS) is 1. The quantitative estimate of drug-likeness (QED) is 0.527. The molecule has 0 amide bonds. The number of thioether (sulfide) groups is 1. The van der Waals surface area contributed by atoms with Crippen molar-refractivity contribution >= 4 is 17.7 Å². The first-order valence-electron chi connectivity index (χ1n) is 2.87. The van der Waals surface area contributed by atoms with Crippen molar-refractivity contribution in [1.82, 2.24) is 14.8 Å². The number of carbonyl (C=O) groups is 1. The molecule has 0 bridgehead atoms. The molecular weight excluding hydrogens is 166 g/mol. The summed E-state index contributed by atoms with van der Waals surface area (Å²) in [5, 5.41) is 17.8. The monoisotopic (exact) mass is 172 g/mol. The van der Waals surface area contributed by atoms with Crippen molar-refractivity contribution in [2.75, 3.05) is 5.75 Å². The topological polar surface area (TPSA) is 70.8 Å². The summed E-state index contributed by atoms with van der Waals surface area (Å²) in [6, 6.07) is 0. The summed E-state index contributed by atoms with van der Waals surface area (Å²) < 4.78 is 1.65. The van der Waals surface area contributed by atoms with Crippen molar-refractivity contribution in [3.63, 3.8) is 0 Å². The summed E-state index contributed by atoms with van der Waals surface area (Å²) in [6.07, 6.45) is 1.51. The highest BCUT2D eigenvalue weighted by atomic mass is 32.2. The van der Waals surface area contributed by atoms with Gasteiger partial charge in [-0.15, -0.1) is 10.2 Å². The van der Waals surface area contributed by atoms with Gasteiger partial charge in [0.1, 0.15) is 6.33 Å². The molecule has 0 spiro atoms. The Morgan fingerprint density at radius 3 is 3.09 bits per heavy atom. The molecule has 0 N–H and O–H groups in total. The summed E-state index contributed by atoms with van der Waals surface area (Å²) in [5.74, 6) is -1.19. The fraction of sp³-hybridized carbons (Fsp3) is 0.400. The molecule has 60 valence electrons. The van der Waals surface area contributed by atoms with Crippen molar-refractivity contribution in [3.05, 3.63) is 6.33 Å². The third-order valence-corrected chi connectivity index (χ3v) is 2.00. The Morgan fingerprint density at radius 2 is 2.64 bits per heavy atom. The highest BCUT2D eigenvalue weighted by Gasteiger charge is 1.99. The van der Waals surface area contributed by atoms with Gasteiger partial charge in [0.15, 0.2) is 5.16 Å². The lowest BCUT2D eigenvalue weighted by molar-refractivity contribution is -0.301. The van der Waals surface area contributed by atoms with Crippen molar-refractivity contribution in [1.29, 1.82) is 0 Å². The Morgan fingerprint density at radius 1 is 1.91 bits per heavy atom. The highest BCUT2D eigenvalue weighted by molar-refractivity contribution is 7.99. The molecule has 0 saturated heterocycles. The van der Waals surface area contributed by atoms with E-state index in [1.54, 1.807) is 11.6 Å². The van der Waals surface area contributed by atoms with Crippen molar-refractivity contribution in [3.8, 4) is 0 Å². The average molecular weight is 172 g/mol. The number of aromatic nitrogens is 3. The number of hydrogen-bond donors (Lipinski definition) is 0. The predicted octanol–water partition coefficient (Wildman–Crippen LogP) is -1.34. The van der Waals surface area contributed by atoms with Gasteiger partial charge in [0.2, 0.25) is 0 Å². The number of nitrogens with zero attached hydrogens (tertiary/aromatic N) is 3. The molecule has 1 aromatic heterocycles. The zero-order valence-electron chi connectivity index (χ0n) is 5.85. The Hall–Kier alpha value is -1.04. The van der Waals surface area contributed by atoms with Crippen LogP contribution in [0.25, 0.3) is 0 Å². The van der Waals surface area contributed by atoms with Gasteiger partial charge in [-0.2, -0.15) is 0 Å². The zero-order valence-corrected chi connectivity index (χ0v) is 6.67. The number of aliphatic carboxylic acids is 1. The SMILES string of the molecule is Cn1cnnc1SCC(=O)[O-]. The fourth-order valence-corrected chi connectivity index (χ4v) is 1.13. The lowest BCUT2D eigenvalue weighted by Crippen LogP contribution is -2.24. The van der Waals surface area contributed by atoms with E-state index in [0.717, 1.165) is 11.8 Å². The van der Waals surface area contributed by atoms with Crippen LogP contribution in [0.15, 0.2) is 11.5 Å². The maximum Gasteiger partial charge on any atom is 0.191 e. The van der Waals surface area contributed by atoms with Crippen LogP contribution >= 0.6 is 11.8 Å². The largest absolute Gasteiger partial charge is 0.549 e. The standard InChI is InChI=1S/C5H7N3O2S/c1-8-3-6-7-5(8)11-2-4(9)10/h3H,2H2,1H3,(H,9,10)/p-1. The molecule has 0 aliphatic heterocycles. The number of hydrogen-bond acceptors (Lipinski definition) is 5. The van der Waals surface area contributed by atoms with Gasteiger partial charge in [0.25, 0.3) is 0 Å². The van der Waals surface area contributed by atoms with E-state index in [9.17, 15) is 9.90 Å². The number of aryl methyl sites for hydroxylation is 1. The van der Waals surface area contributed by atoms with Crippen LogP contribution in [-0.4, -0.2) is 26.5 Å². The molecule has 1 aromatic rings. The van der Waals surface area contributed by atoms with Gasteiger partial charge in [-0.05, 0) is 0 Å². The van der Waals surface area contributed by atoms with E-state index in [4.69, 9.17) is 0 Å². The number of carbonyl (C=O) groups excluding carboxylic acids is 1. The van der Waals surface area contributed by atoms with Crippen LogP contribution in [0.2, 0.25) is 0 Å². The molecule has 0 aliphatic rings. The van der Waals surface area contributed by atoms with Crippen LogP contribution in [-0.2, 0) is 11.8 Å². The molecule has 0 saturated carbocycles. The molecule has 11 heavy (non-hydrogen) atoms. The molecule has 0 fully saturated rings. The van der Waals surface area contributed by atoms with Crippen LogP contribution in [0.3, 0.4) is 0 Å². The number of carboxylic acids is 1. The Labute approximate surface area is 67.4 Å². The second kappa shape index (κ2) is 3.38. The molecule has 0 aliphatic carbocycles. The number of rotatable bonds is 3. The van der Waals surface area contributed by atoms with Crippen LogP contribution < -0.4 is 5.11 Å². The maximum atomic E-state index is 10.0. The Kier molecular flexibility index (Phi) is 2.48. The summed E-state index contributed by atoms with van der Waals surface area (Å²) in [7, 11) is 1.75. The van der Waals surface area contributed by atoms with Gasteiger partial charge in [0, 0.05) is 12.8 Å². The second-order valence-electron chi connectivity index (χ2n) is 1.89. The smallest absolute Gasteiger partial charge is 0.191 e. The predicted molar refractivity (Wildman–Crippen MR) is 36.7 cm³/mol. The lowest BCUT2D eigenvalue weighted by atomic mass is 10.8. The zero-order chi connectivity index (χ0) is 8.27. The van der Waals surface area contributed by atoms with E-state index in [-0.39, 0.29) is 5.75 Å². The Bertz CT molecular complexity index is 260. The normalized spacial score (nSPS) is 9.91. The van der Waals surface area contributed by atoms with Crippen LogP contribution in [0.1, 0.15) is 0 Å². The van der Waals surface area contributed by atoms with E-state index in [2.05, 4.69) is 10.2 Å². The summed E-state index contributed by atoms with van der Waals surface area (Å²) in [6.45, 7) is 0. The Balaban J connectivity index is 2.51. The third-order valence-electron chi connectivity index (χ3n) is 0.989. The maximum absolute atomic E-state index is 10.0. The van der Waals surface area contributed by atoms with Gasteiger partial charge >= 0.3 is 0 Å². The summed E-state index contributed by atoms with van der Waals surface area (Å²) >= 11 is 1.09. The molecule has 0 radical (unpaired) electrons. The van der Waals surface area contributed by atoms with E-state index < -0.39 is 5.97 Å². The van der Waals surface area contributed by atoms with Gasteiger partial charge in [-0.25, -0.2) is 0 Å². The molecule has 0 unspecified atom stereocenters. The van der Waals surface area contributed by atoms with E-state index in [1.165, 1.54) is 6.33 Å². The molecule has 0 atom stereocenters. The van der Waals surface area contributed by atoms with E-state index >= 15 is 0 Å². The molecular formula is C5H6N3O2S-. The van der Waals surface area contributed by atoms with Gasteiger partial charge in [0.05, 0.1) is 5.97 Å². The van der Waals surface area contributed by atoms with Crippen molar-refractivity contribution in [2.24, 2.45) is 7.05 Å². The van der Waals surface area contributed by atoms with Gasteiger partial charge < -0.3 is 14.5 Å². The molecule has 5 nitrogen and oxygen atoms in total. The minimum absolute atomic E-state index is 0.0907. The van der Waals surface area contributed by atoms with Crippen molar-refractivity contribution in [2.45, 2.75) is 5.16 Å². The molecule has 1 rings (SSSR count).